The number of hydrogen-bond donors (Lipinski definition) is 1. The SMILES string of the molecule is CCCNc1nc(Cc2ccc(F)cc2F)ns1. The average Bonchev–Trinajstić information content (AvgIpc) is 2.78. The minimum Gasteiger partial charge on any atom is -0.360 e. The minimum atomic E-state index is -0.576. The molecule has 1 N–H and O–H groups in total. The molecular weight excluding hydrogens is 256 g/mol. The van der Waals surface area contributed by atoms with E-state index in [1.54, 1.807) is 0 Å². The second kappa shape index (κ2) is 5.86. The van der Waals surface area contributed by atoms with E-state index in [2.05, 4.69) is 21.6 Å². The Bertz CT molecular complexity index is 528. The molecule has 6 heteroatoms. The van der Waals surface area contributed by atoms with Crippen molar-refractivity contribution in [3.05, 3.63) is 41.2 Å². The quantitative estimate of drug-likeness (QED) is 0.905. The van der Waals surface area contributed by atoms with Crippen LogP contribution in [0.1, 0.15) is 24.7 Å². The summed E-state index contributed by atoms with van der Waals surface area (Å²) in [5.41, 5.74) is 0.399. The van der Waals surface area contributed by atoms with Gasteiger partial charge in [-0.2, -0.15) is 4.37 Å². The van der Waals surface area contributed by atoms with E-state index in [-0.39, 0.29) is 6.42 Å². The summed E-state index contributed by atoms with van der Waals surface area (Å²) in [6.07, 6.45) is 1.28. The van der Waals surface area contributed by atoms with Crippen molar-refractivity contribution in [3.8, 4) is 0 Å². The van der Waals surface area contributed by atoms with E-state index >= 15 is 0 Å². The minimum absolute atomic E-state index is 0.274. The van der Waals surface area contributed by atoms with E-state index in [9.17, 15) is 8.78 Å². The largest absolute Gasteiger partial charge is 0.360 e. The zero-order valence-electron chi connectivity index (χ0n) is 9.91. The number of nitrogens with zero attached hydrogens (tertiary/aromatic N) is 2. The van der Waals surface area contributed by atoms with Gasteiger partial charge in [-0.25, -0.2) is 13.8 Å². The molecule has 0 unspecified atom stereocenters. The van der Waals surface area contributed by atoms with Crippen molar-refractivity contribution in [1.82, 2.24) is 9.36 Å². The molecule has 1 aromatic heterocycles. The highest BCUT2D eigenvalue weighted by Gasteiger charge is 2.09. The third-order valence-electron chi connectivity index (χ3n) is 2.36. The number of anilines is 1. The first-order valence-corrected chi connectivity index (χ1v) is 6.46. The molecule has 0 fully saturated rings. The van der Waals surface area contributed by atoms with Crippen molar-refractivity contribution in [1.29, 1.82) is 0 Å². The fourth-order valence-corrected chi connectivity index (χ4v) is 2.07. The number of rotatable bonds is 5. The zero-order valence-corrected chi connectivity index (χ0v) is 10.7. The van der Waals surface area contributed by atoms with Gasteiger partial charge in [0.25, 0.3) is 0 Å². The molecule has 96 valence electrons. The molecule has 0 atom stereocenters. The highest BCUT2D eigenvalue weighted by molar-refractivity contribution is 7.09. The summed E-state index contributed by atoms with van der Waals surface area (Å²) in [5.74, 6) is -0.593. The number of hydrogen-bond acceptors (Lipinski definition) is 4. The first-order valence-electron chi connectivity index (χ1n) is 5.69. The van der Waals surface area contributed by atoms with Crippen LogP contribution in [0.4, 0.5) is 13.9 Å². The predicted octanol–water partition coefficient (Wildman–Crippen LogP) is 3.23. The highest BCUT2D eigenvalue weighted by Crippen LogP contribution is 2.16. The molecule has 0 bridgehead atoms. The molecule has 0 saturated heterocycles. The first kappa shape index (κ1) is 12.9. The summed E-state index contributed by atoms with van der Waals surface area (Å²) in [4.78, 5) is 4.24. The molecule has 0 aliphatic heterocycles. The van der Waals surface area contributed by atoms with E-state index in [4.69, 9.17) is 0 Å². The zero-order chi connectivity index (χ0) is 13.0. The van der Waals surface area contributed by atoms with Crippen LogP contribution >= 0.6 is 11.5 Å². The Hall–Kier alpha value is -1.56. The Labute approximate surface area is 108 Å². The lowest BCUT2D eigenvalue weighted by atomic mass is 10.1. The maximum atomic E-state index is 13.4. The van der Waals surface area contributed by atoms with Crippen LogP contribution in [0.25, 0.3) is 0 Å². The van der Waals surface area contributed by atoms with E-state index in [1.165, 1.54) is 23.7 Å². The van der Waals surface area contributed by atoms with Gasteiger partial charge in [0.1, 0.15) is 17.5 Å². The highest BCUT2D eigenvalue weighted by atomic mass is 32.1. The first-order chi connectivity index (χ1) is 8.69. The number of aromatic nitrogens is 2. The Morgan fingerprint density at radius 3 is 2.89 bits per heavy atom. The van der Waals surface area contributed by atoms with E-state index in [1.807, 2.05) is 0 Å². The summed E-state index contributed by atoms with van der Waals surface area (Å²) in [7, 11) is 0. The lowest BCUT2D eigenvalue weighted by molar-refractivity contribution is 0.574. The van der Waals surface area contributed by atoms with Crippen LogP contribution in [0.2, 0.25) is 0 Å². The number of halogens is 2. The van der Waals surface area contributed by atoms with Crippen LogP contribution < -0.4 is 5.32 Å². The number of nitrogens with one attached hydrogen (secondary N) is 1. The Morgan fingerprint density at radius 2 is 2.17 bits per heavy atom. The van der Waals surface area contributed by atoms with Crippen molar-refractivity contribution in [2.75, 3.05) is 11.9 Å². The van der Waals surface area contributed by atoms with Crippen molar-refractivity contribution < 1.29 is 8.78 Å². The van der Waals surface area contributed by atoms with E-state index < -0.39 is 11.6 Å². The molecule has 3 nitrogen and oxygen atoms in total. The van der Waals surface area contributed by atoms with Gasteiger partial charge < -0.3 is 5.32 Å². The summed E-state index contributed by atoms with van der Waals surface area (Å²) in [6, 6.07) is 3.53. The van der Waals surface area contributed by atoms with Crippen molar-refractivity contribution >= 4 is 16.7 Å². The molecule has 2 aromatic rings. The van der Waals surface area contributed by atoms with Gasteiger partial charge in [0, 0.05) is 30.6 Å². The molecule has 0 aliphatic carbocycles. The summed E-state index contributed by atoms with van der Waals surface area (Å²) < 4.78 is 30.3. The Kier molecular flexibility index (Phi) is 4.19. The van der Waals surface area contributed by atoms with Gasteiger partial charge in [-0.15, -0.1) is 0 Å². The van der Waals surface area contributed by atoms with Gasteiger partial charge in [-0.1, -0.05) is 13.0 Å². The van der Waals surface area contributed by atoms with Crippen LogP contribution in [-0.4, -0.2) is 15.9 Å². The second-order valence-corrected chi connectivity index (χ2v) is 4.61. The van der Waals surface area contributed by atoms with Crippen molar-refractivity contribution in [2.45, 2.75) is 19.8 Å². The maximum Gasteiger partial charge on any atom is 0.202 e. The Morgan fingerprint density at radius 1 is 1.33 bits per heavy atom. The second-order valence-electron chi connectivity index (χ2n) is 3.86. The summed E-state index contributed by atoms with van der Waals surface area (Å²) in [5, 5.41) is 3.85. The van der Waals surface area contributed by atoms with Gasteiger partial charge in [-0.05, 0) is 18.1 Å². The molecule has 1 heterocycles. The van der Waals surface area contributed by atoms with Crippen LogP contribution in [0.5, 0.6) is 0 Å². The van der Waals surface area contributed by atoms with E-state index in [0.29, 0.717) is 11.4 Å². The molecule has 0 saturated carbocycles. The van der Waals surface area contributed by atoms with Gasteiger partial charge in [0.15, 0.2) is 0 Å². The van der Waals surface area contributed by atoms with Gasteiger partial charge >= 0.3 is 0 Å². The standard InChI is InChI=1S/C12H13F2N3S/c1-2-5-15-12-16-11(17-18-12)6-8-3-4-9(13)7-10(8)14/h3-4,7H,2,5-6H2,1H3,(H,15,16,17). The third kappa shape index (κ3) is 3.22. The predicted molar refractivity (Wildman–Crippen MR) is 67.9 cm³/mol. The topological polar surface area (TPSA) is 37.8 Å². The van der Waals surface area contributed by atoms with Crippen molar-refractivity contribution in [2.24, 2.45) is 0 Å². The van der Waals surface area contributed by atoms with Crippen LogP contribution in [-0.2, 0) is 6.42 Å². The van der Waals surface area contributed by atoms with Gasteiger partial charge in [0.05, 0.1) is 0 Å². The molecule has 18 heavy (non-hydrogen) atoms. The summed E-state index contributed by atoms with van der Waals surface area (Å²) >= 11 is 1.25. The van der Waals surface area contributed by atoms with E-state index in [0.717, 1.165) is 24.2 Å². The lowest BCUT2D eigenvalue weighted by Gasteiger charge is -2.00. The third-order valence-corrected chi connectivity index (χ3v) is 3.07. The van der Waals surface area contributed by atoms with Gasteiger partial charge in [0.2, 0.25) is 5.13 Å². The Balaban J connectivity index is 2.06. The van der Waals surface area contributed by atoms with Crippen molar-refractivity contribution in [3.63, 3.8) is 0 Å². The monoisotopic (exact) mass is 269 g/mol. The molecular formula is C12H13F2N3S. The molecule has 0 amide bonds. The molecule has 0 spiro atoms. The van der Waals surface area contributed by atoms with Crippen LogP contribution in [0.3, 0.4) is 0 Å². The van der Waals surface area contributed by atoms with Crippen LogP contribution in [0, 0.1) is 11.6 Å². The molecule has 2 rings (SSSR count). The fraction of sp³-hybridized carbons (Fsp3) is 0.333. The summed E-state index contributed by atoms with van der Waals surface area (Å²) in [6.45, 7) is 2.89. The van der Waals surface area contributed by atoms with Crippen LogP contribution in [0.15, 0.2) is 18.2 Å². The average molecular weight is 269 g/mol. The molecule has 0 aliphatic rings. The normalized spacial score (nSPS) is 10.6. The number of benzene rings is 1. The lowest BCUT2D eigenvalue weighted by Crippen LogP contribution is -2.00. The van der Waals surface area contributed by atoms with Gasteiger partial charge in [-0.3, -0.25) is 0 Å². The molecule has 1 aromatic carbocycles. The molecule has 0 radical (unpaired) electrons. The fourth-order valence-electron chi connectivity index (χ4n) is 1.46. The maximum absolute atomic E-state index is 13.4. The smallest absolute Gasteiger partial charge is 0.202 e.